The average molecular weight is 473 g/mol. The number of benzene rings is 1. The van der Waals surface area contributed by atoms with Crippen molar-refractivity contribution in [3.63, 3.8) is 0 Å². The molecule has 1 rings (SSSR count). The van der Waals surface area contributed by atoms with E-state index < -0.39 is 0 Å². The molecular weight excluding hydrogens is 443 g/mol. The topological polar surface area (TPSA) is 99.7 Å². The van der Waals surface area contributed by atoms with Crippen molar-refractivity contribution in [3.8, 4) is 0 Å². The van der Waals surface area contributed by atoms with Gasteiger partial charge in [0, 0.05) is 24.6 Å². The summed E-state index contributed by atoms with van der Waals surface area (Å²) in [6.07, 6.45) is 2.14. The van der Waals surface area contributed by atoms with Crippen LogP contribution in [-0.2, 0) is 11.3 Å². The van der Waals surface area contributed by atoms with Gasteiger partial charge in [-0.15, -0.1) is 0 Å². The van der Waals surface area contributed by atoms with Crippen LogP contribution in [0.4, 0.5) is 0 Å². The molecule has 0 heterocycles. The van der Waals surface area contributed by atoms with E-state index in [2.05, 4.69) is 15.6 Å². The number of rotatable bonds is 12. The monoisotopic (exact) mass is 472 g/mol. The fraction of sp³-hybridized carbons (Fsp3) is 0.429. The van der Waals surface area contributed by atoms with Crippen molar-refractivity contribution in [3.05, 3.63) is 57.0 Å². The molecule has 0 bridgehead atoms. The molecule has 0 radical (unpaired) electrons. The van der Waals surface area contributed by atoms with E-state index in [0.29, 0.717) is 51.7 Å². The highest BCUT2D eigenvalue weighted by molar-refractivity contribution is 7.99. The van der Waals surface area contributed by atoms with E-state index in [9.17, 15) is 4.79 Å². The second-order valence-corrected chi connectivity index (χ2v) is 8.52. The van der Waals surface area contributed by atoms with Gasteiger partial charge in [-0.1, -0.05) is 36.2 Å². The number of aliphatic hydroxyl groups excluding tert-OH is 1. The van der Waals surface area contributed by atoms with Crippen LogP contribution >= 0.6 is 35.0 Å². The maximum atomic E-state index is 12.9. The van der Waals surface area contributed by atoms with E-state index in [4.69, 9.17) is 34.0 Å². The number of hydrogen-bond donors (Lipinski definition) is 4. The molecule has 0 aliphatic carbocycles. The molecule has 1 aromatic rings. The Morgan fingerprint density at radius 1 is 1.27 bits per heavy atom. The Labute approximate surface area is 193 Å². The molecule has 5 N–H and O–H groups in total. The van der Waals surface area contributed by atoms with Crippen LogP contribution in [0.25, 0.3) is 0 Å². The minimum atomic E-state index is -0.328. The summed E-state index contributed by atoms with van der Waals surface area (Å²) >= 11 is 13.6. The minimum Gasteiger partial charge on any atom is -0.404 e. The molecule has 1 aromatic carbocycles. The average Bonchev–Trinajstić information content (AvgIpc) is 2.74. The fourth-order valence-corrected chi connectivity index (χ4v) is 3.21. The minimum absolute atomic E-state index is 0.123. The molecule has 0 fully saturated rings. The molecule has 0 atom stereocenters. The number of nitrogens with one attached hydrogen (secondary N) is 2. The lowest BCUT2D eigenvalue weighted by atomic mass is 10.1. The maximum absolute atomic E-state index is 12.9. The lowest BCUT2D eigenvalue weighted by Crippen LogP contribution is -2.37. The highest BCUT2D eigenvalue weighted by Gasteiger charge is 2.16. The molecule has 30 heavy (non-hydrogen) atoms. The van der Waals surface area contributed by atoms with Gasteiger partial charge in [-0.25, -0.2) is 0 Å². The molecule has 0 unspecified atom stereocenters. The zero-order chi connectivity index (χ0) is 22.5. The molecule has 0 aliphatic heterocycles. The summed E-state index contributed by atoms with van der Waals surface area (Å²) in [7, 11) is 0. The van der Waals surface area contributed by atoms with Gasteiger partial charge in [0.25, 0.3) is 5.91 Å². The molecule has 0 saturated heterocycles. The van der Waals surface area contributed by atoms with Crippen molar-refractivity contribution in [1.82, 2.24) is 10.6 Å². The summed E-state index contributed by atoms with van der Waals surface area (Å²) < 4.78 is 0. The van der Waals surface area contributed by atoms with Gasteiger partial charge in [-0.2, -0.15) is 11.8 Å². The zero-order valence-electron chi connectivity index (χ0n) is 17.6. The third-order valence-corrected chi connectivity index (χ3v) is 5.91. The van der Waals surface area contributed by atoms with Crippen molar-refractivity contribution in [2.75, 3.05) is 24.7 Å². The van der Waals surface area contributed by atoms with Gasteiger partial charge in [0.15, 0.2) is 0 Å². The predicted octanol–water partition coefficient (Wildman–Crippen LogP) is 3.87. The largest absolute Gasteiger partial charge is 0.404 e. The van der Waals surface area contributed by atoms with Crippen LogP contribution in [0.3, 0.4) is 0 Å². The number of carbonyl (C=O) groups excluding carboxylic acids is 1. The number of allylic oxidation sites excluding steroid dienone is 1. The zero-order valence-corrected chi connectivity index (χ0v) is 19.9. The van der Waals surface area contributed by atoms with Gasteiger partial charge in [0.2, 0.25) is 0 Å². The Bertz CT molecular complexity index is 810. The van der Waals surface area contributed by atoms with Crippen molar-refractivity contribution in [2.24, 2.45) is 10.7 Å². The Hall–Kier alpha value is -1.67. The lowest BCUT2D eigenvalue weighted by molar-refractivity contribution is -0.114. The van der Waals surface area contributed by atoms with E-state index >= 15 is 0 Å². The van der Waals surface area contributed by atoms with Crippen molar-refractivity contribution >= 4 is 46.6 Å². The Balaban J connectivity index is 2.91. The van der Waals surface area contributed by atoms with Gasteiger partial charge in [-0.05, 0) is 55.3 Å². The number of nitrogens with two attached hydrogens (primary N) is 1. The van der Waals surface area contributed by atoms with Gasteiger partial charge < -0.3 is 21.5 Å². The van der Waals surface area contributed by atoms with Gasteiger partial charge in [0.1, 0.15) is 11.5 Å². The number of aliphatic hydroxyl groups is 1. The van der Waals surface area contributed by atoms with E-state index in [1.807, 2.05) is 19.9 Å². The van der Waals surface area contributed by atoms with E-state index in [1.54, 1.807) is 30.8 Å². The van der Waals surface area contributed by atoms with Crippen LogP contribution < -0.4 is 16.4 Å². The third kappa shape index (κ3) is 9.00. The third-order valence-electron chi connectivity index (χ3n) is 4.23. The number of halogens is 2. The first-order valence-corrected chi connectivity index (χ1v) is 11.6. The van der Waals surface area contributed by atoms with Crippen LogP contribution in [0.15, 0.2) is 46.4 Å². The van der Waals surface area contributed by atoms with Crippen LogP contribution in [0.2, 0.25) is 10.0 Å². The van der Waals surface area contributed by atoms with Crippen LogP contribution in [-0.4, -0.2) is 41.4 Å². The molecule has 0 saturated carbocycles. The van der Waals surface area contributed by atoms with Gasteiger partial charge in [-0.3, -0.25) is 9.79 Å². The summed E-state index contributed by atoms with van der Waals surface area (Å²) in [5, 5.41) is 16.0. The summed E-state index contributed by atoms with van der Waals surface area (Å²) in [5.41, 5.74) is 8.45. The number of nitrogens with zero attached hydrogens (tertiary/aromatic N) is 1. The molecule has 6 nitrogen and oxygen atoms in total. The smallest absolute Gasteiger partial charge is 0.275 e. The Kier molecular flexibility index (Phi) is 12.6. The predicted molar refractivity (Wildman–Crippen MR) is 129 cm³/mol. The van der Waals surface area contributed by atoms with Gasteiger partial charge in [0.05, 0.1) is 16.7 Å². The second kappa shape index (κ2) is 14.4. The number of carbonyl (C=O) groups is 1. The van der Waals surface area contributed by atoms with E-state index in [0.717, 1.165) is 17.6 Å². The van der Waals surface area contributed by atoms with Crippen LogP contribution in [0, 0.1) is 0 Å². The first-order valence-electron chi connectivity index (χ1n) is 9.64. The summed E-state index contributed by atoms with van der Waals surface area (Å²) in [6, 6.07) is 5.40. The molecule has 9 heteroatoms. The van der Waals surface area contributed by atoms with E-state index in [1.165, 1.54) is 6.20 Å². The van der Waals surface area contributed by atoms with Crippen molar-refractivity contribution < 1.29 is 9.90 Å². The SMILES string of the molecule is CCC(C)=C(NCc1ccc(Cl)c(Cl)c1)NC(=O)C(=NCCSCCO)/C(C)=C\N. The first kappa shape index (κ1) is 26.4. The first-order chi connectivity index (χ1) is 14.3. The fourth-order valence-electron chi connectivity index (χ4n) is 2.33. The molecule has 0 spiro atoms. The van der Waals surface area contributed by atoms with Crippen LogP contribution in [0.5, 0.6) is 0 Å². The van der Waals surface area contributed by atoms with Crippen molar-refractivity contribution in [2.45, 2.75) is 33.7 Å². The lowest BCUT2D eigenvalue weighted by Gasteiger charge is -2.17. The normalized spacial score (nSPS) is 13.1. The van der Waals surface area contributed by atoms with Crippen LogP contribution in [0.1, 0.15) is 32.8 Å². The Morgan fingerprint density at radius 2 is 2.00 bits per heavy atom. The molecule has 0 aliphatic rings. The highest BCUT2D eigenvalue weighted by atomic mass is 35.5. The number of thioether (sulfide) groups is 1. The molecular formula is C21H30Cl2N4O2S. The Morgan fingerprint density at radius 3 is 2.60 bits per heavy atom. The summed E-state index contributed by atoms with van der Waals surface area (Å²) in [5.74, 6) is 1.65. The van der Waals surface area contributed by atoms with Gasteiger partial charge >= 0.3 is 0 Å². The number of amides is 1. The summed E-state index contributed by atoms with van der Waals surface area (Å²) in [4.78, 5) is 17.3. The maximum Gasteiger partial charge on any atom is 0.275 e. The summed E-state index contributed by atoms with van der Waals surface area (Å²) in [6.45, 7) is 6.77. The molecule has 0 aromatic heterocycles. The standard InChI is InChI=1S/C21H30Cl2N4O2S/c1-4-14(2)20(26-13-16-5-6-17(22)18(23)11-16)27-21(29)19(15(3)12-24)25-7-9-30-10-8-28/h5-6,11-12,26,28H,4,7-10,13,24H2,1-3H3,(H,27,29)/b15-12-,20-14?,25-19?. The number of hydrogen-bond acceptors (Lipinski definition) is 6. The molecule has 1 amide bonds. The highest BCUT2D eigenvalue weighted by Crippen LogP contribution is 2.22. The number of aliphatic imine (C=N–C) groups is 1. The van der Waals surface area contributed by atoms with Crippen molar-refractivity contribution in [1.29, 1.82) is 0 Å². The molecule has 166 valence electrons. The second-order valence-electron chi connectivity index (χ2n) is 6.48. The quantitative estimate of drug-likeness (QED) is 0.273. The van der Waals surface area contributed by atoms with E-state index in [-0.39, 0.29) is 12.5 Å².